The van der Waals surface area contributed by atoms with Crippen molar-refractivity contribution in [2.45, 2.75) is 6.92 Å². The van der Waals surface area contributed by atoms with Crippen molar-refractivity contribution in [2.75, 3.05) is 0 Å². The Hall–Kier alpha value is -1.36. The molecular formula is C11H7BrF2N2. The smallest absolute Gasteiger partial charge is 0.167 e. The Balaban J connectivity index is 2.66. The first-order valence-electron chi connectivity index (χ1n) is 4.51. The molecule has 0 aliphatic rings. The molecule has 2 rings (SSSR count). The second-order valence-corrected chi connectivity index (χ2v) is 4.04. The Labute approximate surface area is 99.5 Å². The van der Waals surface area contributed by atoms with Crippen LogP contribution in [0.1, 0.15) is 5.56 Å². The molecule has 0 N–H and O–H groups in total. The van der Waals surface area contributed by atoms with Gasteiger partial charge in [-0.1, -0.05) is 12.1 Å². The minimum Gasteiger partial charge on any atom is -0.244 e. The second-order valence-electron chi connectivity index (χ2n) is 3.29. The van der Waals surface area contributed by atoms with Crippen LogP contribution in [0.2, 0.25) is 0 Å². The molecule has 0 spiro atoms. The van der Waals surface area contributed by atoms with Gasteiger partial charge >= 0.3 is 0 Å². The third-order valence-corrected chi connectivity index (χ3v) is 2.86. The van der Waals surface area contributed by atoms with E-state index in [1.165, 1.54) is 31.6 Å². The van der Waals surface area contributed by atoms with Crippen LogP contribution < -0.4 is 0 Å². The lowest BCUT2D eigenvalue weighted by Gasteiger charge is -2.06. The SMILES string of the molecule is Cc1ccc(-c2cncnc2Br)c(F)c1F. The summed E-state index contributed by atoms with van der Waals surface area (Å²) in [4.78, 5) is 7.65. The molecule has 1 heterocycles. The van der Waals surface area contributed by atoms with Crippen molar-refractivity contribution in [3.05, 3.63) is 46.5 Å². The zero-order chi connectivity index (χ0) is 11.7. The van der Waals surface area contributed by atoms with Crippen LogP contribution in [0.25, 0.3) is 11.1 Å². The third kappa shape index (κ3) is 1.82. The van der Waals surface area contributed by atoms with Crippen molar-refractivity contribution in [1.82, 2.24) is 9.97 Å². The molecule has 16 heavy (non-hydrogen) atoms. The van der Waals surface area contributed by atoms with Crippen LogP contribution >= 0.6 is 15.9 Å². The third-order valence-electron chi connectivity index (χ3n) is 2.23. The van der Waals surface area contributed by atoms with Crippen LogP contribution in [0.5, 0.6) is 0 Å². The van der Waals surface area contributed by atoms with Gasteiger partial charge in [0, 0.05) is 17.3 Å². The predicted molar refractivity (Wildman–Crippen MR) is 59.8 cm³/mol. The quantitative estimate of drug-likeness (QED) is 0.749. The number of hydrogen-bond acceptors (Lipinski definition) is 2. The van der Waals surface area contributed by atoms with Crippen molar-refractivity contribution in [3.63, 3.8) is 0 Å². The highest BCUT2D eigenvalue weighted by Gasteiger charge is 2.14. The van der Waals surface area contributed by atoms with Crippen molar-refractivity contribution in [2.24, 2.45) is 0 Å². The van der Waals surface area contributed by atoms with Gasteiger partial charge in [-0.25, -0.2) is 18.7 Å². The fourth-order valence-electron chi connectivity index (χ4n) is 1.35. The Morgan fingerprint density at radius 2 is 1.88 bits per heavy atom. The van der Waals surface area contributed by atoms with E-state index in [1.807, 2.05) is 0 Å². The zero-order valence-electron chi connectivity index (χ0n) is 8.34. The van der Waals surface area contributed by atoms with Gasteiger partial charge in [0.1, 0.15) is 10.9 Å². The summed E-state index contributed by atoms with van der Waals surface area (Å²) in [7, 11) is 0. The molecule has 0 saturated heterocycles. The van der Waals surface area contributed by atoms with E-state index in [0.29, 0.717) is 10.2 Å². The fraction of sp³-hybridized carbons (Fsp3) is 0.0909. The highest BCUT2D eigenvalue weighted by Crippen LogP contribution is 2.29. The minimum atomic E-state index is -0.879. The molecule has 5 heteroatoms. The van der Waals surface area contributed by atoms with E-state index in [0.717, 1.165) is 0 Å². The molecule has 0 aliphatic carbocycles. The van der Waals surface area contributed by atoms with Crippen LogP contribution in [-0.4, -0.2) is 9.97 Å². The molecule has 0 aliphatic heterocycles. The number of hydrogen-bond donors (Lipinski definition) is 0. The first kappa shape index (κ1) is 11.1. The second kappa shape index (κ2) is 4.25. The average molecular weight is 285 g/mol. The first-order valence-corrected chi connectivity index (χ1v) is 5.31. The zero-order valence-corrected chi connectivity index (χ0v) is 9.92. The van der Waals surface area contributed by atoms with Crippen molar-refractivity contribution in [3.8, 4) is 11.1 Å². The van der Waals surface area contributed by atoms with Gasteiger partial charge in [-0.15, -0.1) is 0 Å². The molecule has 0 amide bonds. The number of aromatic nitrogens is 2. The summed E-state index contributed by atoms with van der Waals surface area (Å²) >= 11 is 3.17. The van der Waals surface area contributed by atoms with Gasteiger partial charge < -0.3 is 0 Å². The highest BCUT2D eigenvalue weighted by molar-refractivity contribution is 9.10. The first-order chi connectivity index (χ1) is 7.61. The lowest BCUT2D eigenvalue weighted by molar-refractivity contribution is 0.505. The minimum absolute atomic E-state index is 0.149. The van der Waals surface area contributed by atoms with Gasteiger partial charge in [0.15, 0.2) is 11.6 Å². The molecule has 0 atom stereocenters. The van der Waals surface area contributed by atoms with Crippen molar-refractivity contribution < 1.29 is 8.78 Å². The number of aryl methyl sites for hydroxylation is 1. The van der Waals surface area contributed by atoms with E-state index in [9.17, 15) is 8.78 Å². The maximum absolute atomic E-state index is 13.7. The summed E-state index contributed by atoms with van der Waals surface area (Å²) in [5.74, 6) is -1.72. The molecule has 2 nitrogen and oxygen atoms in total. The van der Waals surface area contributed by atoms with E-state index >= 15 is 0 Å². The predicted octanol–water partition coefficient (Wildman–Crippen LogP) is 3.49. The van der Waals surface area contributed by atoms with E-state index in [-0.39, 0.29) is 11.1 Å². The lowest BCUT2D eigenvalue weighted by Crippen LogP contribution is -1.95. The van der Waals surface area contributed by atoms with Gasteiger partial charge in [-0.2, -0.15) is 0 Å². The molecule has 82 valence electrons. The van der Waals surface area contributed by atoms with Crippen LogP contribution in [0, 0.1) is 18.6 Å². The Bertz CT molecular complexity index is 544. The normalized spacial score (nSPS) is 10.5. The number of rotatable bonds is 1. The van der Waals surface area contributed by atoms with Crippen LogP contribution in [0.3, 0.4) is 0 Å². The summed E-state index contributed by atoms with van der Waals surface area (Å²) in [5, 5.41) is 0. The number of benzene rings is 1. The van der Waals surface area contributed by atoms with Gasteiger partial charge in [0.05, 0.1) is 0 Å². The molecule has 0 radical (unpaired) electrons. The average Bonchev–Trinajstić information content (AvgIpc) is 2.28. The van der Waals surface area contributed by atoms with Gasteiger partial charge in [0.2, 0.25) is 0 Å². The molecule has 2 aromatic rings. The molecular weight excluding hydrogens is 278 g/mol. The Kier molecular flexibility index (Phi) is 2.96. The van der Waals surface area contributed by atoms with E-state index in [1.54, 1.807) is 0 Å². The molecule has 1 aromatic heterocycles. The highest BCUT2D eigenvalue weighted by atomic mass is 79.9. The molecule has 0 unspecified atom stereocenters. The Morgan fingerprint density at radius 1 is 1.12 bits per heavy atom. The Morgan fingerprint density at radius 3 is 2.56 bits per heavy atom. The van der Waals surface area contributed by atoms with E-state index < -0.39 is 11.6 Å². The van der Waals surface area contributed by atoms with Crippen LogP contribution in [0.15, 0.2) is 29.3 Å². The van der Waals surface area contributed by atoms with Crippen LogP contribution in [0.4, 0.5) is 8.78 Å². The maximum Gasteiger partial charge on any atom is 0.167 e. The topological polar surface area (TPSA) is 25.8 Å². The van der Waals surface area contributed by atoms with Gasteiger partial charge in [-0.3, -0.25) is 0 Å². The summed E-state index contributed by atoms with van der Waals surface area (Å²) in [6.07, 6.45) is 2.76. The van der Waals surface area contributed by atoms with Crippen molar-refractivity contribution in [1.29, 1.82) is 0 Å². The number of halogens is 3. The molecule has 0 fully saturated rings. The fourth-order valence-corrected chi connectivity index (χ4v) is 1.76. The molecule has 0 saturated carbocycles. The standard InChI is InChI=1S/C11H7BrF2N2/c1-6-2-3-7(10(14)9(6)13)8-4-15-5-16-11(8)12/h2-5H,1H3. The van der Waals surface area contributed by atoms with Crippen LogP contribution in [-0.2, 0) is 0 Å². The monoisotopic (exact) mass is 284 g/mol. The van der Waals surface area contributed by atoms with Gasteiger partial charge in [-0.05, 0) is 28.4 Å². The van der Waals surface area contributed by atoms with Gasteiger partial charge in [0.25, 0.3) is 0 Å². The van der Waals surface area contributed by atoms with Crippen molar-refractivity contribution >= 4 is 15.9 Å². The number of nitrogens with zero attached hydrogens (tertiary/aromatic N) is 2. The summed E-state index contributed by atoms with van der Waals surface area (Å²) < 4.78 is 27.5. The summed E-state index contributed by atoms with van der Waals surface area (Å²) in [5.41, 5.74) is 0.851. The molecule has 1 aromatic carbocycles. The van der Waals surface area contributed by atoms with E-state index in [4.69, 9.17) is 0 Å². The molecule has 0 bridgehead atoms. The maximum atomic E-state index is 13.7. The summed E-state index contributed by atoms with van der Waals surface area (Å²) in [6.45, 7) is 1.51. The largest absolute Gasteiger partial charge is 0.244 e. The van der Waals surface area contributed by atoms with E-state index in [2.05, 4.69) is 25.9 Å². The summed E-state index contributed by atoms with van der Waals surface area (Å²) in [6, 6.07) is 3.03. The lowest BCUT2D eigenvalue weighted by atomic mass is 10.1.